The van der Waals surface area contributed by atoms with Gasteiger partial charge in [0, 0.05) is 0 Å². The molecule has 0 atom stereocenters. The fourth-order valence-electron chi connectivity index (χ4n) is 1.08. The van der Waals surface area contributed by atoms with Crippen LogP contribution in [-0.2, 0) is 0 Å². The molecule has 0 aliphatic carbocycles. The van der Waals surface area contributed by atoms with E-state index in [0.717, 1.165) is 0 Å². The molecule has 4 heteroatoms. The molecule has 1 rings (SSSR count). The number of carbonyl (C=O) groups excluding carboxylic acids is 1. The molecule has 0 N–H and O–H groups in total. The third kappa shape index (κ3) is 1.83. The number of ether oxygens (including phenoxy) is 2. The lowest BCUT2D eigenvalue weighted by atomic mass is 9.94. The predicted octanol–water partition coefficient (Wildman–Crippen LogP) is 0.310. The molecule has 13 heavy (non-hydrogen) atoms. The van der Waals surface area contributed by atoms with Gasteiger partial charge in [0.1, 0.15) is 19.3 Å². The summed E-state index contributed by atoms with van der Waals surface area (Å²) < 4.78 is 9.94. The first-order valence-electron chi connectivity index (χ1n) is 3.69. The van der Waals surface area contributed by atoms with Gasteiger partial charge < -0.3 is 9.47 Å². The normalized spacial score (nSPS) is 9.38. The van der Waals surface area contributed by atoms with E-state index in [-0.39, 0.29) is 0 Å². The number of hydrogen-bond donors (Lipinski definition) is 0. The van der Waals surface area contributed by atoms with Crippen molar-refractivity contribution in [2.75, 3.05) is 14.2 Å². The third-order valence-electron chi connectivity index (χ3n) is 1.68. The van der Waals surface area contributed by atoms with Crippen molar-refractivity contribution >= 4 is 19.6 Å². The van der Waals surface area contributed by atoms with Gasteiger partial charge in [0.15, 0.2) is 6.29 Å². The molecule has 0 aliphatic heterocycles. The molecule has 66 valence electrons. The average Bonchev–Trinajstić information content (AvgIpc) is 2.16. The molecule has 0 spiro atoms. The first-order chi connectivity index (χ1) is 6.22. The number of benzene rings is 1. The van der Waals surface area contributed by atoms with E-state index in [1.165, 1.54) is 14.2 Å². The summed E-state index contributed by atoms with van der Waals surface area (Å²) in [6, 6.07) is 3.15. The second-order valence-corrected chi connectivity index (χ2v) is 2.46. The Morgan fingerprint density at radius 2 is 1.69 bits per heavy atom. The van der Waals surface area contributed by atoms with Gasteiger partial charge in [0.25, 0.3) is 0 Å². The maximum atomic E-state index is 10.7. The highest BCUT2D eigenvalue weighted by atomic mass is 16.5. The summed E-state index contributed by atoms with van der Waals surface area (Å²) in [6.07, 6.45) is 0.678. The lowest BCUT2D eigenvalue weighted by molar-refractivity contribution is 0.111. The maximum Gasteiger partial charge on any atom is 0.157 e. The van der Waals surface area contributed by atoms with Crippen molar-refractivity contribution in [1.29, 1.82) is 0 Å². The summed E-state index contributed by atoms with van der Waals surface area (Å²) in [4.78, 5) is 10.7. The first-order valence-corrected chi connectivity index (χ1v) is 3.69. The summed E-state index contributed by atoms with van der Waals surface area (Å²) in [5.74, 6) is 0.846. The summed E-state index contributed by atoms with van der Waals surface area (Å²) in [7, 11) is 8.51. The zero-order valence-corrected chi connectivity index (χ0v) is 7.53. The Kier molecular flexibility index (Phi) is 2.95. The molecular formula is C9H9BO3. The minimum absolute atomic E-state index is 0.374. The molecule has 0 bridgehead atoms. The Morgan fingerprint density at radius 1 is 1.23 bits per heavy atom. The van der Waals surface area contributed by atoms with E-state index >= 15 is 0 Å². The molecule has 0 fully saturated rings. The molecule has 0 unspecified atom stereocenters. The van der Waals surface area contributed by atoms with Crippen LogP contribution in [0, 0.1) is 0 Å². The highest BCUT2D eigenvalue weighted by Crippen LogP contribution is 2.24. The molecule has 0 amide bonds. The Hall–Kier alpha value is -1.45. The molecule has 0 aromatic heterocycles. The van der Waals surface area contributed by atoms with E-state index in [4.69, 9.17) is 17.3 Å². The van der Waals surface area contributed by atoms with Crippen molar-refractivity contribution in [3.63, 3.8) is 0 Å². The second kappa shape index (κ2) is 3.98. The van der Waals surface area contributed by atoms with Gasteiger partial charge in [-0.3, -0.25) is 4.79 Å². The van der Waals surface area contributed by atoms with Crippen LogP contribution in [0.25, 0.3) is 0 Å². The van der Waals surface area contributed by atoms with Crippen molar-refractivity contribution in [2.24, 2.45) is 0 Å². The van der Waals surface area contributed by atoms with Crippen LogP contribution in [0.1, 0.15) is 10.4 Å². The van der Waals surface area contributed by atoms with Crippen LogP contribution in [0.2, 0.25) is 0 Å². The van der Waals surface area contributed by atoms with E-state index in [9.17, 15) is 4.79 Å². The Labute approximate surface area is 78.1 Å². The molecule has 0 aliphatic rings. The molecule has 1 aromatic rings. The first kappa shape index (κ1) is 9.64. The van der Waals surface area contributed by atoms with Crippen molar-refractivity contribution in [2.45, 2.75) is 0 Å². The molecule has 0 saturated heterocycles. The minimum atomic E-state index is 0.374. The van der Waals surface area contributed by atoms with Crippen LogP contribution in [0.3, 0.4) is 0 Å². The highest BCUT2D eigenvalue weighted by molar-refractivity contribution is 6.32. The SMILES string of the molecule is [B]c1cc(OC)c(C=O)c(OC)c1. The monoisotopic (exact) mass is 176 g/mol. The van der Waals surface area contributed by atoms with Crippen molar-refractivity contribution in [3.05, 3.63) is 17.7 Å². The molecule has 2 radical (unpaired) electrons. The maximum absolute atomic E-state index is 10.7. The molecular weight excluding hydrogens is 167 g/mol. The summed E-state index contributed by atoms with van der Waals surface area (Å²) in [5.41, 5.74) is 0.874. The zero-order valence-electron chi connectivity index (χ0n) is 7.53. The van der Waals surface area contributed by atoms with Crippen LogP contribution < -0.4 is 14.9 Å². The van der Waals surface area contributed by atoms with Gasteiger partial charge in [0.2, 0.25) is 0 Å². The average molecular weight is 176 g/mol. The van der Waals surface area contributed by atoms with E-state index < -0.39 is 0 Å². The minimum Gasteiger partial charge on any atom is -0.496 e. The summed E-state index contributed by atoms with van der Waals surface area (Å²) in [5, 5.41) is 0. The number of carbonyl (C=O) groups is 1. The summed E-state index contributed by atoms with van der Waals surface area (Å²) >= 11 is 0. The van der Waals surface area contributed by atoms with Crippen molar-refractivity contribution < 1.29 is 14.3 Å². The van der Waals surface area contributed by atoms with Crippen molar-refractivity contribution in [3.8, 4) is 11.5 Å². The zero-order chi connectivity index (χ0) is 9.84. The quantitative estimate of drug-likeness (QED) is 0.491. The molecule has 1 aromatic carbocycles. The molecule has 3 nitrogen and oxygen atoms in total. The van der Waals surface area contributed by atoms with Crippen LogP contribution >= 0.6 is 0 Å². The van der Waals surface area contributed by atoms with Gasteiger partial charge in [-0.15, -0.1) is 0 Å². The van der Waals surface area contributed by atoms with Gasteiger partial charge in [-0.2, -0.15) is 0 Å². The standard InChI is InChI=1S/C9H9BO3/c1-12-8-3-6(10)4-9(13-2)7(8)5-11/h3-5H,1-2H3. The Morgan fingerprint density at radius 3 is 2.00 bits per heavy atom. The molecule has 0 heterocycles. The third-order valence-corrected chi connectivity index (χ3v) is 1.68. The lowest BCUT2D eigenvalue weighted by Crippen LogP contribution is -2.06. The lowest BCUT2D eigenvalue weighted by Gasteiger charge is -2.09. The predicted molar refractivity (Wildman–Crippen MR) is 50.3 cm³/mol. The Balaban J connectivity index is 3.33. The van der Waals surface area contributed by atoms with Crippen LogP contribution in [-0.4, -0.2) is 28.4 Å². The van der Waals surface area contributed by atoms with Gasteiger partial charge in [-0.1, -0.05) is 5.46 Å². The van der Waals surface area contributed by atoms with E-state index in [0.29, 0.717) is 28.8 Å². The van der Waals surface area contributed by atoms with Gasteiger partial charge in [0.05, 0.1) is 19.8 Å². The summed E-state index contributed by atoms with van der Waals surface area (Å²) in [6.45, 7) is 0. The van der Waals surface area contributed by atoms with E-state index in [2.05, 4.69) is 0 Å². The fraction of sp³-hybridized carbons (Fsp3) is 0.222. The number of rotatable bonds is 3. The van der Waals surface area contributed by atoms with Crippen LogP contribution in [0.5, 0.6) is 11.5 Å². The molecule has 0 saturated carbocycles. The van der Waals surface area contributed by atoms with E-state index in [1.54, 1.807) is 12.1 Å². The number of hydrogen-bond acceptors (Lipinski definition) is 3. The topological polar surface area (TPSA) is 35.5 Å². The number of methoxy groups -OCH3 is 2. The van der Waals surface area contributed by atoms with Gasteiger partial charge >= 0.3 is 0 Å². The Bertz CT molecular complexity index is 298. The smallest absolute Gasteiger partial charge is 0.157 e. The van der Waals surface area contributed by atoms with Gasteiger partial charge in [-0.05, 0) is 12.1 Å². The largest absolute Gasteiger partial charge is 0.496 e. The van der Waals surface area contributed by atoms with E-state index in [1.807, 2.05) is 0 Å². The van der Waals surface area contributed by atoms with Crippen LogP contribution in [0.4, 0.5) is 0 Å². The van der Waals surface area contributed by atoms with Gasteiger partial charge in [-0.25, -0.2) is 0 Å². The van der Waals surface area contributed by atoms with Crippen LogP contribution in [0.15, 0.2) is 12.1 Å². The second-order valence-electron chi connectivity index (χ2n) is 2.46. The number of aldehydes is 1. The fourth-order valence-corrected chi connectivity index (χ4v) is 1.08. The van der Waals surface area contributed by atoms with Crippen molar-refractivity contribution in [1.82, 2.24) is 0 Å². The highest BCUT2D eigenvalue weighted by Gasteiger charge is 2.09.